The standard InChI is InChI=1S/C15H9Cl2N5O/c16-13-18-14(17)20-15(19-13)23-12-8-6-11(7-9-12)22-21-10-4-2-1-3-5-10/h1-9H/b22-21+. The van der Waals surface area contributed by atoms with Gasteiger partial charge in [-0.2, -0.15) is 25.2 Å². The molecule has 0 atom stereocenters. The molecule has 0 aliphatic carbocycles. The Labute approximate surface area is 141 Å². The van der Waals surface area contributed by atoms with Gasteiger partial charge in [0.2, 0.25) is 10.6 Å². The summed E-state index contributed by atoms with van der Waals surface area (Å²) in [6.45, 7) is 0. The molecule has 0 unspecified atom stereocenters. The topological polar surface area (TPSA) is 72.6 Å². The van der Waals surface area contributed by atoms with Gasteiger partial charge < -0.3 is 4.74 Å². The van der Waals surface area contributed by atoms with Crippen molar-refractivity contribution in [1.82, 2.24) is 15.0 Å². The molecule has 8 heteroatoms. The van der Waals surface area contributed by atoms with Gasteiger partial charge in [0, 0.05) is 0 Å². The number of halogens is 2. The Morgan fingerprint density at radius 1 is 0.696 bits per heavy atom. The van der Waals surface area contributed by atoms with E-state index >= 15 is 0 Å². The molecule has 1 aromatic heterocycles. The average Bonchev–Trinajstić information content (AvgIpc) is 2.54. The number of aromatic nitrogens is 3. The molecule has 0 radical (unpaired) electrons. The number of hydrogen-bond acceptors (Lipinski definition) is 6. The van der Waals surface area contributed by atoms with Gasteiger partial charge in [0.1, 0.15) is 5.75 Å². The van der Waals surface area contributed by atoms with Gasteiger partial charge in [-0.1, -0.05) is 18.2 Å². The largest absolute Gasteiger partial charge is 0.424 e. The zero-order valence-electron chi connectivity index (χ0n) is 11.6. The van der Waals surface area contributed by atoms with Crippen LogP contribution in [-0.4, -0.2) is 15.0 Å². The molecular weight excluding hydrogens is 337 g/mol. The van der Waals surface area contributed by atoms with E-state index in [4.69, 9.17) is 27.9 Å². The minimum absolute atomic E-state index is 0.0219. The number of ether oxygens (including phenoxy) is 1. The summed E-state index contributed by atoms with van der Waals surface area (Å²) in [4.78, 5) is 11.3. The van der Waals surface area contributed by atoms with Gasteiger partial charge in [0.05, 0.1) is 11.4 Å². The van der Waals surface area contributed by atoms with Gasteiger partial charge >= 0.3 is 6.01 Å². The second-order valence-electron chi connectivity index (χ2n) is 4.29. The summed E-state index contributed by atoms with van der Waals surface area (Å²) in [5.41, 5.74) is 1.47. The summed E-state index contributed by atoms with van der Waals surface area (Å²) >= 11 is 11.4. The van der Waals surface area contributed by atoms with Gasteiger partial charge in [0.25, 0.3) is 0 Å². The van der Waals surface area contributed by atoms with Crippen LogP contribution in [0.4, 0.5) is 11.4 Å². The Bertz CT molecular complexity index is 805. The number of rotatable bonds is 4. The third kappa shape index (κ3) is 4.45. The van der Waals surface area contributed by atoms with E-state index < -0.39 is 0 Å². The van der Waals surface area contributed by atoms with E-state index in [1.54, 1.807) is 24.3 Å². The fourth-order valence-electron chi connectivity index (χ4n) is 1.65. The molecule has 0 amide bonds. The molecule has 3 aromatic rings. The monoisotopic (exact) mass is 345 g/mol. The van der Waals surface area contributed by atoms with E-state index in [1.165, 1.54) is 0 Å². The van der Waals surface area contributed by atoms with E-state index in [1.807, 2.05) is 30.3 Å². The molecule has 2 aromatic carbocycles. The van der Waals surface area contributed by atoms with Crippen LogP contribution in [0.2, 0.25) is 10.6 Å². The van der Waals surface area contributed by atoms with Gasteiger partial charge in [-0.15, -0.1) is 0 Å². The van der Waals surface area contributed by atoms with Gasteiger partial charge in [-0.25, -0.2) is 0 Å². The van der Waals surface area contributed by atoms with Crippen LogP contribution in [0, 0.1) is 0 Å². The Kier molecular flexibility index (Phi) is 4.75. The first-order chi connectivity index (χ1) is 11.2. The van der Waals surface area contributed by atoms with E-state index in [-0.39, 0.29) is 16.6 Å². The predicted molar refractivity (Wildman–Crippen MR) is 87.0 cm³/mol. The third-order valence-corrected chi connectivity index (χ3v) is 2.98. The van der Waals surface area contributed by atoms with Crippen molar-refractivity contribution in [3.8, 4) is 11.8 Å². The highest BCUT2D eigenvalue weighted by Crippen LogP contribution is 2.24. The second kappa shape index (κ2) is 7.13. The van der Waals surface area contributed by atoms with Crippen molar-refractivity contribution < 1.29 is 4.74 Å². The minimum Gasteiger partial charge on any atom is -0.424 e. The summed E-state index contributed by atoms with van der Waals surface area (Å²) in [6.07, 6.45) is 0. The molecule has 0 spiro atoms. The average molecular weight is 346 g/mol. The van der Waals surface area contributed by atoms with Crippen molar-refractivity contribution in [3.63, 3.8) is 0 Å². The van der Waals surface area contributed by atoms with Crippen molar-refractivity contribution in [2.24, 2.45) is 10.2 Å². The zero-order chi connectivity index (χ0) is 16.1. The number of hydrogen-bond donors (Lipinski definition) is 0. The maximum atomic E-state index is 5.69. The first kappa shape index (κ1) is 15.3. The summed E-state index contributed by atoms with van der Waals surface area (Å²) in [5, 5.41) is 8.20. The van der Waals surface area contributed by atoms with Crippen LogP contribution in [-0.2, 0) is 0 Å². The fourth-order valence-corrected chi connectivity index (χ4v) is 2.00. The molecule has 0 saturated heterocycles. The van der Waals surface area contributed by atoms with Crippen molar-refractivity contribution >= 4 is 34.6 Å². The van der Waals surface area contributed by atoms with E-state index in [9.17, 15) is 0 Å². The molecule has 6 nitrogen and oxygen atoms in total. The normalized spacial score (nSPS) is 10.9. The molecule has 0 saturated carbocycles. The third-order valence-electron chi connectivity index (χ3n) is 2.64. The number of nitrogens with zero attached hydrogens (tertiary/aromatic N) is 5. The lowest BCUT2D eigenvalue weighted by atomic mass is 10.3. The number of benzene rings is 2. The fraction of sp³-hybridized carbons (Fsp3) is 0. The predicted octanol–water partition coefficient (Wildman–Crippen LogP) is 5.39. The Balaban J connectivity index is 1.71. The molecule has 0 aliphatic rings. The van der Waals surface area contributed by atoms with Crippen LogP contribution in [0.15, 0.2) is 64.8 Å². The maximum Gasteiger partial charge on any atom is 0.327 e. The smallest absolute Gasteiger partial charge is 0.327 e. The van der Waals surface area contributed by atoms with E-state index in [0.717, 1.165) is 5.69 Å². The lowest BCUT2D eigenvalue weighted by Gasteiger charge is -2.03. The van der Waals surface area contributed by atoms with Crippen molar-refractivity contribution in [2.45, 2.75) is 0 Å². The van der Waals surface area contributed by atoms with Crippen molar-refractivity contribution in [2.75, 3.05) is 0 Å². The Morgan fingerprint density at radius 2 is 1.26 bits per heavy atom. The molecule has 0 N–H and O–H groups in total. The molecule has 23 heavy (non-hydrogen) atoms. The van der Waals surface area contributed by atoms with Crippen molar-refractivity contribution in [1.29, 1.82) is 0 Å². The van der Waals surface area contributed by atoms with Gasteiger partial charge in [-0.3, -0.25) is 0 Å². The van der Waals surface area contributed by atoms with Crippen LogP contribution in [0.3, 0.4) is 0 Å². The highest BCUT2D eigenvalue weighted by Gasteiger charge is 2.05. The molecule has 3 rings (SSSR count). The summed E-state index contributed by atoms with van der Waals surface area (Å²) in [5.74, 6) is 0.516. The van der Waals surface area contributed by atoms with E-state index in [0.29, 0.717) is 11.4 Å². The Hall–Kier alpha value is -2.57. The van der Waals surface area contributed by atoms with Crippen LogP contribution >= 0.6 is 23.2 Å². The lowest BCUT2D eigenvalue weighted by Crippen LogP contribution is -1.94. The van der Waals surface area contributed by atoms with Gasteiger partial charge in [0.15, 0.2) is 0 Å². The molecule has 114 valence electrons. The first-order valence-corrected chi connectivity index (χ1v) is 7.26. The highest BCUT2D eigenvalue weighted by molar-refractivity contribution is 6.31. The molecular formula is C15H9Cl2N5O. The molecule has 0 bridgehead atoms. The van der Waals surface area contributed by atoms with Crippen LogP contribution < -0.4 is 4.74 Å². The molecule has 0 fully saturated rings. The van der Waals surface area contributed by atoms with Crippen LogP contribution in [0.1, 0.15) is 0 Å². The molecule has 1 heterocycles. The van der Waals surface area contributed by atoms with E-state index in [2.05, 4.69) is 25.2 Å². The highest BCUT2D eigenvalue weighted by atomic mass is 35.5. The minimum atomic E-state index is -0.0340. The van der Waals surface area contributed by atoms with Crippen LogP contribution in [0.5, 0.6) is 11.8 Å². The summed E-state index contributed by atoms with van der Waals surface area (Å²) in [6, 6.07) is 16.4. The first-order valence-electron chi connectivity index (χ1n) is 6.51. The zero-order valence-corrected chi connectivity index (χ0v) is 13.1. The summed E-state index contributed by atoms with van der Waals surface area (Å²) in [7, 11) is 0. The summed E-state index contributed by atoms with van der Waals surface area (Å²) < 4.78 is 5.45. The maximum absolute atomic E-state index is 5.69. The Morgan fingerprint density at radius 3 is 1.87 bits per heavy atom. The lowest BCUT2D eigenvalue weighted by molar-refractivity contribution is 0.439. The van der Waals surface area contributed by atoms with Crippen LogP contribution in [0.25, 0.3) is 0 Å². The SMILES string of the molecule is Clc1nc(Cl)nc(Oc2ccc(/N=N/c3ccccc3)cc2)n1. The second-order valence-corrected chi connectivity index (χ2v) is 4.96. The van der Waals surface area contributed by atoms with Crippen molar-refractivity contribution in [3.05, 3.63) is 65.2 Å². The van der Waals surface area contributed by atoms with Gasteiger partial charge in [-0.05, 0) is 59.6 Å². The number of azo groups is 1. The quantitative estimate of drug-likeness (QED) is 0.594. The molecule has 0 aliphatic heterocycles.